The van der Waals surface area contributed by atoms with Crippen molar-refractivity contribution in [1.29, 1.82) is 0 Å². The average molecular weight is 235 g/mol. The lowest BCUT2D eigenvalue weighted by Crippen LogP contribution is -2.51. The summed E-state index contributed by atoms with van der Waals surface area (Å²) in [6.07, 6.45) is 0. The number of hydrogen-bond donors (Lipinski definition) is 1. The molecule has 2 N–H and O–H groups in total. The van der Waals surface area contributed by atoms with E-state index in [0.29, 0.717) is 18.1 Å². The molecule has 0 spiro atoms. The zero-order valence-electron chi connectivity index (χ0n) is 10.4. The second-order valence-corrected chi connectivity index (χ2v) is 4.89. The maximum Gasteiger partial charge on any atom is 0.192 e. The van der Waals surface area contributed by atoms with Gasteiger partial charge in [0.2, 0.25) is 0 Å². The van der Waals surface area contributed by atoms with Crippen molar-refractivity contribution in [3.63, 3.8) is 0 Å². The molecule has 0 aliphatic carbocycles. The second kappa shape index (κ2) is 4.02. The molecule has 0 amide bonds. The molecule has 0 aromatic heterocycles. The van der Waals surface area contributed by atoms with Gasteiger partial charge in [-0.3, -0.25) is 4.99 Å². The molecule has 0 radical (unpaired) electrons. The van der Waals surface area contributed by atoms with E-state index < -0.39 is 5.54 Å². The summed E-state index contributed by atoms with van der Waals surface area (Å²) in [6.45, 7) is 6.55. The molecule has 1 aromatic rings. The van der Waals surface area contributed by atoms with E-state index in [-0.39, 0.29) is 11.9 Å². The lowest BCUT2D eigenvalue weighted by atomic mass is 9.89. The summed E-state index contributed by atoms with van der Waals surface area (Å²) in [5, 5.41) is 0. The number of benzene rings is 1. The summed E-state index contributed by atoms with van der Waals surface area (Å²) in [5.41, 5.74) is 6.06. The largest absolute Gasteiger partial charge is 0.370 e. The summed E-state index contributed by atoms with van der Waals surface area (Å²) in [6, 6.07) is 7.01. The monoisotopic (exact) mass is 235 g/mol. The van der Waals surface area contributed by atoms with E-state index in [0.717, 1.165) is 0 Å². The number of rotatable bonds is 2. The van der Waals surface area contributed by atoms with E-state index in [4.69, 9.17) is 5.73 Å². The maximum atomic E-state index is 13.9. The third-order valence-corrected chi connectivity index (χ3v) is 3.30. The summed E-state index contributed by atoms with van der Waals surface area (Å²) in [5.74, 6) is 0.288. The number of nitrogens with zero attached hydrogens (tertiary/aromatic N) is 2. The minimum Gasteiger partial charge on any atom is -0.370 e. The molecule has 1 atom stereocenters. The van der Waals surface area contributed by atoms with Gasteiger partial charge in [0, 0.05) is 11.6 Å². The lowest BCUT2D eigenvalue weighted by Gasteiger charge is -2.39. The smallest absolute Gasteiger partial charge is 0.192 e. The average Bonchev–Trinajstić information content (AvgIpc) is 2.56. The zero-order valence-corrected chi connectivity index (χ0v) is 10.4. The predicted molar refractivity (Wildman–Crippen MR) is 67.2 cm³/mol. The van der Waals surface area contributed by atoms with Gasteiger partial charge in [0.1, 0.15) is 5.82 Å². The van der Waals surface area contributed by atoms with Crippen molar-refractivity contribution in [3.8, 4) is 0 Å². The fourth-order valence-electron chi connectivity index (χ4n) is 2.59. The van der Waals surface area contributed by atoms with Crippen LogP contribution in [0.25, 0.3) is 0 Å². The SMILES string of the molecule is CC(C)N1C(N)=NCC1(C)c1ccccc1F. The van der Waals surface area contributed by atoms with Gasteiger partial charge in [-0.1, -0.05) is 18.2 Å². The van der Waals surface area contributed by atoms with Gasteiger partial charge in [-0.2, -0.15) is 0 Å². The Kier molecular flexibility index (Phi) is 2.81. The number of hydrogen-bond acceptors (Lipinski definition) is 3. The van der Waals surface area contributed by atoms with Crippen molar-refractivity contribution in [2.75, 3.05) is 6.54 Å². The molecule has 17 heavy (non-hydrogen) atoms. The van der Waals surface area contributed by atoms with Gasteiger partial charge < -0.3 is 10.6 Å². The number of guanidine groups is 1. The van der Waals surface area contributed by atoms with E-state index >= 15 is 0 Å². The molecule has 1 heterocycles. The predicted octanol–water partition coefficient (Wildman–Crippen LogP) is 2.08. The quantitative estimate of drug-likeness (QED) is 0.852. The molecule has 1 aliphatic rings. The van der Waals surface area contributed by atoms with Crippen LogP contribution in [0.15, 0.2) is 29.3 Å². The van der Waals surface area contributed by atoms with Crippen LogP contribution in [0.2, 0.25) is 0 Å². The summed E-state index contributed by atoms with van der Waals surface area (Å²) in [7, 11) is 0. The molecule has 2 rings (SSSR count). The van der Waals surface area contributed by atoms with Crippen molar-refractivity contribution in [2.24, 2.45) is 10.7 Å². The van der Waals surface area contributed by atoms with Gasteiger partial charge >= 0.3 is 0 Å². The van der Waals surface area contributed by atoms with Gasteiger partial charge in [0.15, 0.2) is 5.96 Å². The van der Waals surface area contributed by atoms with Crippen molar-refractivity contribution >= 4 is 5.96 Å². The van der Waals surface area contributed by atoms with E-state index in [9.17, 15) is 4.39 Å². The lowest BCUT2D eigenvalue weighted by molar-refractivity contribution is 0.180. The van der Waals surface area contributed by atoms with Gasteiger partial charge in [0.05, 0.1) is 12.1 Å². The van der Waals surface area contributed by atoms with Crippen LogP contribution in [0.5, 0.6) is 0 Å². The molecule has 3 nitrogen and oxygen atoms in total. The van der Waals surface area contributed by atoms with Crippen molar-refractivity contribution in [1.82, 2.24) is 4.90 Å². The van der Waals surface area contributed by atoms with Gasteiger partial charge in [0.25, 0.3) is 0 Å². The number of aliphatic imine (C=N–C) groups is 1. The second-order valence-electron chi connectivity index (χ2n) is 4.89. The fraction of sp³-hybridized carbons (Fsp3) is 0.462. The standard InChI is InChI=1S/C13H18FN3/c1-9(2)17-12(15)16-8-13(17,3)10-6-4-5-7-11(10)14/h4-7,9H,8H2,1-3H3,(H2,15,16). The van der Waals surface area contributed by atoms with Crippen LogP contribution in [-0.4, -0.2) is 23.4 Å². The van der Waals surface area contributed by atoms with Gasteiger partial charge in [-0.15, -0.1) is 0 Å². The Morgan fingerprint density at radius 3 is 2.65 bits per heavy atom. The highest BCUT2D eigenvalue weighted by Crippen LogP contribution is 2.35. The van der Waals surface area contributed by atoms with E-state index in [1.807, 2.05) is 31.7 Å². The Hall–Kier alpha value is -1.58. The Balaban J connectivity index is 2.47. The van der Waals surface area contributed by atoms with Crippen molar-refractivity contribution in [3.05, 3.63) is 35.6 Å². The molecular weight excluding hydrogens is 217 g/mol. The Bertz CT molecular complexity index is 456. The first-order valence-corrected chi connectivity index (χ1v) is 5.81. The summed E-state index contributed by atoms with van der Waals surface area (Å²) < 4.78 is 13.9. The van der Waals surface area contributed by atoms with Crippen molar-refractivity contribution in [2.45, 2.75) is 32.4 Å². The van der Waals surface area contributed by atoms with Gasteiger partial charge in [-0.05, 0) is 26.8 Å². The molecule has 1 aliphatic heterocycles. The van der Waals surface area contributed by atoms with Crippen LogP contribution in [0.4, 0.5) is 4.39 Å². The maximum absolute atomic E-state index is 13.9. The van der Waals surface area contributed by atoms with Crippen LogP contribution in [0.3, 0.4) is 0 Å². The minimum absolute atomic E-state index is 0.186. The van der Waals surface area contributed by atoms with Crippen LogP contribution in [0, 0.1) is 5.82 Å². The highest BCUT2D eigenvalue weighted by molar-refractivity contribution is 5.81. The topological polar surface area (TPSA) is 41.6 Å². The van der Waals surface area contributed by atoms with E-state index in [1.54, 1.807) is 12.1 Å². The zero-order chi connectivity index (χ0) is 12.6. The molecule has 92 valence electrons. The molecule has 0 saturated heterocycles. The van der Waals surface area contributed by atoms with Crippen LogP contribution in [-0.2, 0) is 5.54 Å². The van der Waals surface area contributed by atoms with E-state index in [2.05, 4.69) is 4.99 Å². The molecule has 0 bridgehead atoms. The number of halogens is 1. The molecule has 1 unspecified atom stereocenters. The Morgan fingerprint density at radius 2 is 2.06 bits per heavy atom. The fourth-order valence-corrected chi connectivity index (χ4v) is 2.59. The first kappa shape index (κ1) is 11.9. The van der Waals surface area contributed by atoms with Crippen LogP contribution < -0.4 is 5.73 Å². The van der Waals surface area contributed by atoms with Crippen molar-refractivity contribution < 1.29 is 4.39 Å². The highest BCUT2D eigenvalue weighted by Gasteiger charge is 2.42. The number of nitrogens with two attached hydrogens (primary N) is 1. The molecule has 4 heteroatoms. The third kappa shape index (κ3) is 1.77. The normalized spacial score (nSPS) is 24.3. The minimum atomic E-state index is -0.483. The van der Waals surface area contributed by atoms with Crippen LogP contribution in [0.1, 0.15) is 26.3 Å². The highest BCUT2D eigenvalue weighted by atomic mass is 19.1. The Morgan fingerprint density at radius 1 is 1.41 bits per heavy atom. The summed E-state index contributed by atoms with van der Waals surface area (Å²) in [4.78, 5) is 6.24. The third-order valence-electron chi connectivity index (χ3n) is 3.30. The van der Waals surface area contributed by atoms with E-state index in [1.165, 1.54) is 6.07 Å². The summed E-state index contributed by atoms with van der Waals surface area (Å²) >= 11 is 0. The first-order valence-electron chi connectivity index (χ1n) is 5.81. The molecule has 1 aromatic carbocycles. The molecule has 0 fully saturated rings. The molecule has 0 saturated carbocycles. The first-order chi connectivity index (χ1) is 7.97. The van der Waals surface area contributed by atoms with Gasteiger partial charge in [-0.25, -0.2) is 4.39 Å². The molecular formula is C13H18FN3. The van der Waals surface area contributed by atoms with Crippen LogP contribution >= 0.6 is 0 Å². The Labute approximate surface area is 101 Å².